The molecule has 0 aliphatic rings. The summed E-state index contributed by atoms with van der Waals surface area (Å²) in [6.45, 7) is 6.43. The van der Waals surface area contributed by atoms with E-state index >= 15 is 0 Å². The van der Waals surface area contributed by atoms with E-state index in [1.807, 2.05) is 0 Å². The van der Waals surface area contributed by atoms with Crippen molar-refractivity contribution in [3.8, 4) is 0 Å². The van der Waals surface area contributed by atoms with E-state index in [9.17, 15) is 4.79 Å². The Hall–Kier alpha value is -1.29. The Bertz CT molecular complexity index is 157. The van der Waals surface area contributed by atoms with Gasteiger partial charge in [-0.2, -0.15) is 0 Å². The minimum absolute atomic E-state index is 0.185. The molecule has 0 saturated heterocycles. The molecule has 0 bridgehead atoms. The summed E-state index contributed by atoms with van der Waals surface area (Å²) in [7, 11) is 0. The van der Waals surface area contributed by atoms with Crippen LogP contribution in [-0.2, 0) is 4.79 Å². The van der Waals surface area contributed by atoms with Crippen molar-refractivity contribution in [2.45, 2.75) is 0 Å². The van der Waals surface area contributed by atoms with E-state index in [0.717, 1.165) is 0 Å². The third-order valence-electron chi connectivity index (χ3n) is 0.489. The van der Waals surface area contributed by atoms with Crippen molar-refractivity contribution in [2.24, 2.45) is 0 Å². The third-order valence-corrected chi connectivity index (χ3v) is 0.489. The van der Waals surface area contributed by atoms with E-state index in [2.05, 4.69) is 24.6 Å². The quantitative estimate of drug-likeness (QED) is 0.382. The Morgan fingerprint density at radius 2 is 1.62 bits per heavy atom. The molecule has 0 rings (SSSR count). The smallest absolute Gasteiger partial charge is 0.193 e. The highest BCUT2D eigenvalue weighted by molar-refractivity contribution is 5.98. The van der Waals surface area contributed by atoms with E-state index < -0.39 is 0 Å². The summed E-state index contributed by atoms with van der Waals surface area (Å²) in [5, 5.41) is 0. The van der Waals surface area contributed by atoms with Gasteiger partial charge in [0.15, 0.2) is 5.78 Å². The summed E-state index contributed by atoms with van der Waals surface area (Å²) in [6, 6.07) is 0. The zero-order valence-corrected chi connectivity index (χ0v) is 4.48. The Morgan fingerprint density at radius 3 is 1.88 bits per heavy atom. The molecule has 0 aromatic carbocycles. The monoisotopic (exact) mass is 106 g/mol. The van der Waals surface area contributed by atoms with E-state index in [1.165, 1.54) is 12.2 Å². The lowest BCUT2D eigenvalue weighted by atomic mass is 10.4. The molecule has 0 radical (unpaired) electrons. The van der Waals surface area contributed by atoms with Crippen LogP contribution in [-0.4, -0.2) is 5.78 Å². The number of allylic oxidation sites excluding steroid dienone is 2. The summed E-state index contributed by atoms with van der Waals surface area (Å²) in [4.78, 5) is 10.3. The average molecular weight is 106 g/mol. The lowest BCUT2D eigenvalue weighted by Gasteiger charge is -1.68. The van der Waals surface area contributed by atoms with Gasteiger partial charge in [0.05, 0.1) is 0 Å². The van der Waals surface area contributed by atoms with Crippen LogP contribution in [0.15, 0.2) is 36.8 Å². The molecular weight excluding hydrogens is 100 g/mol. The van der Waals surface area contributed by atoms with Gasteiger partial charge in [-0.1, -0.05) is 13.2 Å². The SMILES string of the molecule is C=C=CC(=O)C=C=C. The highest BCUT2D eigenvalue weighted by atomic mass is 16.1. The number of ketones is 1. The van der Waals surface area contributed by atoms with Crippen molar-refractivity contribution in [1.82, 2.24) is 0 Å². The van der Waals surface area contributed by atoms with Crippen molar-refractivity contribution in [1.29, 1.82) is 0 Å². The molecule has 0 aromatic rings. The molecule has 0 aromatic heterocycles. The fraction of sp³-hybridized carbons (Fsp3) is 0. The first-order valence-electron chi connectivity index (χ1n) is 2.07. The second kappa shape index (κ2) is 3.89. The van der Waals surface area contributed by atoms with Crippen molar-refractivity contribution < 1.29 is 4.79 Å². The Kier molecular flexibility index (Phi) is 3.26. The van der Waals surface area contributed by atoms with Crippen molar-refractivity contribution in [2.75, 3.05) is 0 Å². The van der Waals surface area contributed by atoms with Crippen LogP contribution in [0, 0.1) is 0 Å². The molecule has 0 amide bonds. The molecule has 40 valence electrons. The largest absolute Gasteiger partial charge is 0.289 e. The summed E-state index contributed by atoms with van der Waals surface area (Å²) in [5.74, 6) is -0.185. The lowest BCUT2D eigenvalue weighted by Crippen LogP contribution is -1.79. The highest BCUT2D eigenvalue weighted by Gasteiger charge is 1.80. The summed E-state index contributed by atoms with van der Waals surface area (Å²) >= 11 is 0. The van der Waals surface area contributed by atoms with Crippen LogP contribution in [0.2, 0.25) is 0 Å². The fourth-order valence-corrected chi connectivity index (χ4v) is 0.243. The number of carbonyl (C=O) groups is 1. The zero-order valence-electron chi connectivity index (χ0n) is 4.48. The minimum atomic E-state index is -0.185. The standard InChI is InChI=1S/C7H6O/c1-3-5-7(8)6-4-2/h5-6H,1-2H2. The van der Waals surface area contributed by atoms with Crippen molar-refractivity contribution >= 4 is 5.78 Å². The molecule has 0 heterocycles. The molecule has 0 spiro atoms. The minimum Gasteiger partial charge on any atom is -0.289 e. The first-order chi connectivity index (χ1) is 3.81. The maximum atomic E-state index is 10.3. The van der Waals surface area contributed by atoms with Crippen molar-refractivity contribution in [3.63, 3.8) is 0 Å². The predicted molar refractivity (Wildman–Crippen MR) is 32.4 cm³/mol. The molecule has 0 unspecified atom stereocenters. The number of carbonyl (C=O) groups excluding carboxylic acids is 1. The highest BCUT2D eigenvalue weighted by Crippen LogP contribution is 1.72. The Balaban J connectivity index is 4.04. The van der Waals surface area contributed by atoms with Gasteiger partial charge in [0.25, 0.3) is 0 Å². The van der Waals surface area contributed by atoms with Crippen molar-refractivity contribution in [3.05, 3.63) is 36.8 Å². The van der Waals surface area contributed by atoms with Gasteiger partial charge in [-0.15, -0.1) is 11.5 Å². The fourth-order valence-electron chi connectivity index (χ4n) is 0.243. The summed E-state index contributed by atoms with van der Waals surface area (Å²) in [5.41, 5.74) is 4.66. The molecule has 0 atom stereocenters. The van der Waals surface area contributed by atoms with Crippen LogP contribution in [0.3, 0.4) is 0 Å². The van der Waals surface area contributed by atoms with Crippen LogP contribution in [0.25, 0.3) is 0 Å². The van der Waals surface area contributed by atoms with E-state index in [4.69, 9.17) is 0 Å². The average Bonchev–Trinajstić information content (AvgIpc) is 1.68. The van der Waals surface area contributed by atoms with Gasteiger partial charge < -0.3 is 0 Å². The molecule has 0 N–H and O–H groups in total. The van der Waals surface area contributed by atoms with Crippen LogP contribution >= 0.6 is 0 Å². The maximum absolute atomic E-state index is 10.3. The normalized spacial score (nSPS) is 6.00. The maximum Gasteiger partial charge on any atom is 0.193 e. The van der Waals surface area contributed by atoms with Gasteiger partial charge in [0.1, 0.15) is 0 Å². The van der Waals surface area contributed by atoms with E-state index in [0.29, 0.717) is 0 Å². The lowest BCUT2D eigenvalue weighted by molar-refractivity contribution is -0.110. The number of hydrogen-bond acceptors (Lipinski definition) is 1. The van der Waals surface area contributed by atoms with Gasteiger partial charge in [0, 0.05) is 12.2 Å². The Labute approximate surface area is 48.3 Å². The molecule has 0 aliphatic heterocycles. The van der Waals surface area contributed by atoms with Gasteiger partial charge in [0.2, 0.25) is 0 Å². The van der Waals surface area contributed by atoms with Gasteiger partial charge in [-0.05, 0) is 0 Å². The molecule has 0 fully saturated rings. The van der Waals surface area contributed by atoms with Gasteiger partial charge in [-0.3, -0.25) is 4.79 Å². The summed E-state index contributed by atoms with van der Waals surface area (Å²) < 4.78 is 0. The topological polar surface area (TPSA) is 17.1 Å². The number of hydrogen-bond donors (Lipinski definition) is 0. The van der Waals surface area contributed by atoms with Gasteiger partial charge in [-0.25, -0.2) is 0 Å². The Morgan fingerprint density at radius 1 is 1.25 bits per heavy atom. The molecule has 8 heavy (non-hydrogen) atoms. The molecule has 0 saturated carbocycles. The van der Waals surface area contributed by atoms with Crippen LogP contribution in [0.1, 0.15) is 0 Å². The van der Waals surface area contributed by atoms with Crippen LogP contribution < -0.4 is 0 Å². The second-order valence-corrected chi connectivity index (χ2v) is 1.10. The van der Waals surface area contributed by atoms with Crippen LogP contribution in [0.4, 0.5) is 0 Å². The summed E-state index contributed by atoms with van der Waals surface area (Å²) in [6.07, 6.45) is 2.44. The molecular formula is C7H6O. The predicted octanol–water partition coefficient (Wildman–Crippen LogP) is 1.24. The van der Waals surface area contributed by atoms with E-state index in [-0.39, 0.29) is 5.78 Å². The molecule has 1 nitrogen and oxygen atoms in total. The first-order valence-corrected chi connectivity index (χ1v) is 2.07. The van der Waals surface area contributed by atoms with Gasteiger partial charge >= 0.3 is 0 Å². The zero-order chi connectivity index (χ0) is 6.41. The first kappa shape index (κ1) is 6.71. The van der Waals surface area contributed by atoms with Crippen LogP contribution in [0.5, 0.6) is 0 Å². The molecule has 1 heteroatoms. The van der Waals surface area contributed by atoms with E-state index in [1.54, 1.807) is 0 Å². The molecule has 0 aliphatic carbocycles. The second-order valence-electron chi connectivity index (χ2n) is 1.10. The third kappa shape index (κ3) is 2.92. The number of rotatable bonds is 2.